The van der Waals surface area contributed by atoms with Crippen LogP contribution in [0.5, 0.6) is 0 Å². The van der Waals surface area contributed by atoms with Crippen LogP contribution < -0.4 is 11.1 Å². The molecule has 0 aliphatic carbocycles. The van der Waals surface area contributed by atoms with Gasteiger partial charge in [-0.05, 0) is 54.5 Å². The minimum absolute atomic E-state index is 0.0805. The lowest BCUT2D eigenvalue weighted by Crippen LogP contribution is -2.51. The van der Waals surface area contributed by atoms with Crippen molar-refractivity contribution in [2.45, 2.75) is 45.7 Å². The number of aromatic nitrogens is 2. The molecule has 3 aromatic rings. The molecule has 4 rings (SSSR count). The predicted octanol–water partition coefficient (Wildman–Crippen LogP) is 5.33. The number of amides is 2. The second-order valence-electron chi connectivity index (χ2n) is 9.48. The van der Waals surface area contributed by atoms with Crippen molar-refractivity contribution in [1.29, 1.82) is 0 Å². The lowest BCUT2D eigenvalue weighted by Gasteiger charge is -2.29. The summed E-state index contributed by atoms with van der Waals surface area (Å²) in [4.78, 5) is 35.0. The molecule has 1 fully saturated rings. The molecule has 9 heteroatoms. The number of ether oxygens (including phenoxy) is 1. The number of nitrogens with one attached hydrogen (secondary N) is 2. The first-order valence-corrected chi connectivity index (χ1v) is 12.4. The summed E-state index contributed by atoms with van der Waals surface area (Å²) in [6, 6.07) is 11.0. The molecule has 2 atom stereocenters. The molecule has 2 heterocycles. The van der Waals surface area contributed by atoms with Gasteiger partial charge in [-0.2, -0.15) is 0 Å². The van der Waals surface area contributed by atoms with Crippen molar-refractivity contribution in [3.8, 4) is 22.4 Å². The van der Waals surface area contributed by atoms with Crippen molar-refractivity contribution >= 4 is 29.3 Å². The molecule has 36 heavy (non-hydrogen) atoms. The average Bonchev–Trinajstić information content (AvgIpc) is 3.54. The normalized spacial score (nSPS) is 16.3. The number of anilines is 1. The lowest BCUT2D eigenvalue weighted by molar-refractivity contribution is -0.135. The summed E-state index contributed by atoms with van der Waals surface area (Å²) in [7, 11) is 1.29. The van der Waals surface area contributed by atoms with E-state index >= 15 is 0 Å². The monoisotopic (exact) mass is 509 g/mol. The smallest absolute Gasteiger partial charge is 0.407 e. The van der Waals surface area contributed by atoms with Crippen molar-refractivity contribution in [3.63, 3.8) is 0 Å². The summed E-state index contributed by atoms with van der Waals surface area (Å²) >= 11 is 6.24. The van der Waals surface area contributed by atoms with E-state index in [-0.39, 0.29) is 17.9 Å². The van der Waals surface area contributed by atoms with Crippen molar-refractivity contribution in [2.75, 3.05) is 19.4 Å². The van der Waals surface area contributed by atoms with Crippen LogP contribution in [0.4, 0.5) is 10.5 Å². The first kappa shape index (κ1) is 25.6. The fourth-order valence-electron chi connectivity index (χ4n) is 4.68. The molecule has 0 unspecified atom stereocenters. The zero-order valence-corrected chi connectivity index (χ0v) is 21.7. The van der Waals surface area contributed by atoms with Gasteiger partial charge in [0.2, 0.25) is 5.91 Å². The van der Waals surface area contributed by atoms with Gasteiger partial charge in [0, 0.05) is 18.3 Å². The molecule has 1 saturated heterocycles. The van der Waals surface area contributed by atoms with E-state index in [2.05, 4.69) is 10.3 Å². The van der Waals surface area contributed by atoms with Gasteiger partial charge in [0.15, 0.2) is 0 Å². The number of halogens is 1. The minimum Gasteiger partial charge on any atom is -0.453 e. The number of alkyl carbamates (subject to hydrolysis) is 1. The number of imidazole rings is 1. The topological polar surface area (TPSA) is 113 Å². The van der Waals surface area contributed by atoms with Crippen LogP contribution in [0.25, 0.3) is 22.4 Å². The zero-order valence-electron chi connectivity index (χ0n) is 21.0. The summed E-state index contributed by atoms with van der Waals surface area (Å²) in [6.07, 6.45) is 2.92. The van der Waals surface area contributed by atoms with E-state index < -0.39 is 12.1 Å². The Labute approximate surface area is 216 Å². The van der Waals surface area contributed by atoms with E-state index in [1.807, 2.05) is 63.4 Å². The summed E-state index contributed by atoms with van der Waals surface area (Å²) in [5.41, 5.74) is 11.4. The van der Waals surface area contributed by atoms with Gasteiger partial charge in [-0.3, -0.25) is 4.79 Å². The molecule has 1 aliphatic heterocycles. The molecule has 0 saturated carbocycles. The molecule has 190 valence electrons. The third-order valence-electron chi connectivity index (χ3n) is 6.68. The number of H-pyrrole nitrogens is 1. The molecule has 0 radical (unpaired) electrons. The SMILES string of the molecule is COC(=O)N[C@H](C(=O)N1CCC[C@H]1c1nc(-c2ccc(-c3cc(Cl)c(N)cc3C)cc2)c[nH]1)C(C)C. The number of nitrogens with two attached hydrogens (primary N) is 1. The number of nitrogen functional groups attached to an aromatic ring is 1. The molecule has 1 aromatic heterocycles. The third-order valence-corrected chi connectivity index (χ3v) is 7.00. The Kier molecular flexibility index (Phi) is 7.54. The predicted molar refractivity (Wildman–Crippen MR) is 141 cm³/mol. The maximum Gasteiger partial charge on any atom is 0.407 e. The van der Waals surface area contributed by atoms with Crippen LogP contribution >= 0.6 is 11.6 Å². The van der Waals surface area contributed by atoms with E-state index in [0.29, 0.717) is 17.3 Å². The van der Waals surface area contributed by atoms with Gasteiger partial charge < -0.3 is 25.7 Å². The van der Waals surface area contributed by atoms with Crippen LogP contribution in [0.1, 0.15) is 44.1 Å². The van der Waals surface area contributed by atoms with Gasteiger partial charge in [-0.1, -0.05) is 49.7 Å². The number of nitrogens with zero attached hydrogens (tertiary/aromatic N) is 2. The first-order chi connectivity index (χ1) is 17.2. The Morgan fingerprint density at radius 3 is 2.58 bits per heavy atom. The fraction of sp³-hybridized carbons (Fsp3) is 0.370. The maximum atomic E-state index is 13.3. The Bertz CT molecular complexity index is 1250. The minimum atomic E-state index is -0.662. The number of aryl methyl sites for hydroxylation is 1. The molecule has 2 amide bonds. The second kappa shape index (κ2) is 10.6. The molecular weight excluding hydrogens is 478 g/mol. The van der Waals surface area contributed by atoms with Crippen molar-refractivity contribution in [2.24, 2.45) is 5.92 Å². The Balaban J connectivity index is 1.53. The zero-order chi connectivity index (χ0) is 26.0. The Morgan fingerprint density at radius 2 is 1.92 bits per heavy atom. The molecule has 0 spiro atoms. The number of benzene rings is 2. The molecule has 2 aromatic carbocycles. The number of carbonyl (C=O) groups is 2. The lowest BCUT2D eigenvalue weighted by atomic mass is 9.98. The van der Waals surface area contributed by atoms with Crippen molar-refractivity contribution < 1.29 is 14.3 Å². The number of carbonyl (C=O) groups excluding carboxylic acids is 2. The van der Waals surface area contributed by atoms with Crippen LogP contribution in [0.15, 0.2) is 42.6 Å². The average molecular weight is 510 g/mol. The number of aromatic amines is 1. The van der Waals surface area contributed by atoms with Crippen molar-refractivity contribution in [3.05, 3.63) is 59.0 Å². The van der Waals surface area contributed by atoms with E-state index in [0.717, 1.165) is 46.6 Å². The highest BCUT2D eigenvalue weighted by molar-refractivity contribution is 6.33. The number of hydrogen-bond acceptors (Lipinski definition) is 5. The van der Waals surface area contributed by atoms with Gasteiger partial charge in [0.05, 0.1) is 29.6 Å². The van der Waals surface area contributed by atoms with Crippen LogP contribution in [-0.2, 0) is 9.53 Å². The van der Waals surface area contributed by atoms with Gasteiger partial charge in [0.1, 0.15) is 11.9 Å². The maximum absolute atomic E-state index is 13.3. The number of methoxy groups -OCH3 is 1. The van der Waals surface area contributed by atoms with E-state index in [1.54, 1.807) is 4.90 Å². The third kappa shape index (κ3) is 5.18. The highest BCUT2D eigenvalue weighted by Gasteiger charge is 2.37. The second-order valence-corrected chi connectivity index (χ2v) is 9.89. The number of likely N-dealkylation sites (tertiary alicyclic amines) is 1. The van der Waals surface area contributed by atoms with E-state index in [4.69, 9.17) is 27.1 Å². The summed E-state index contributed by atoms with van der Waals surface area (Å²) < 4.78 is 4.71. The number of rotatable bonds is 6. The summed E-state index contributed by atoms with van der Waals surface area (Å²) in [6.45, 7) is 6.43. The van der Waals surface area contributed by atoms with E-state index in [1.165, 1.54) is 7.11 Å². The van der Waals surface area contributed by atoms with Crippen LogP contribution in [0, 0.1) is 12.8 Å². The highest BCUT2D eigenvalue weighted by Crippen LogP contribution is 2.34. The van der Waals surface area contributed by atoms with Crippen LogP contribution in [0.3, 0.4) is 0 Å². The number of hydrogen-bond donors (Lipinski definition) is 3. The Hall–Kier alpha value is -3.52. The first-order valence-electron chi connectivity index (χ1n) is 12.1. The van der Waals surface area contributed by atoms with Crippen LogP contribution in [-0.4, -0.2) is 46.6 Å². The van der Waals surface area contributed by atoms with Gasteiger partial charge in [0.25, 0.3) is 0 Å². The molecule has 4 N–H and O–H groups in total. The largest absolute Gasteiger partial charge is 0.453 e. The van der Waals surface area contributed by atoms with Crippen LogP contribution in [0.2, 0.25) is 5.02 Å². The Morgan fingerprint density at radius 1 is 1.22 bits per heavy atom. The molecule has 8 nitrogen and oxygen atoms in total. The molecule has 0 bridgehead atoms. The molecular formula is C27H32ClN5O3. The van der Waals surface area contributed by atoms with Gasteiger partial charge in [-0.15, -0.1) is 0 Å². The summed E-state index contributed by atoms with van der Waals surface area (Å²) in [5.74, 6) is 0.530. The van der Waals surface area contributed by atoms with Gasteiger partial charge in [-0.25, -0.2) is 9.78 Å². The highest BCUT2D eigenvalue weighted by atomic mass is 35.5. The van der Waals surface area contributed by atoms with Gasteiger partial charge >= 0.3 is 6.09 Å². The quantitative estimate of drug-likeness (QED) is 0.388. The standard InChI is InChI=1S/C27H32ClN5O3/c1-15(2)24(32-27(35)36-4)26(34)33-11-5-6-23(33)25-30-14-22(31-25)18-9-7-17(8-10-18)19-13-20(28)21(29)12-16(19)3/h7-10,12-15,23-24H,5-6,11,29H2,1-4H3,(H,30,31)(H,32,35)/t23-,24-/m0/s1. The fourth-order valence-corrected chi connectivity index (χ4v) is 4.85. The molecule has 1 aliphatic rings. The van der Waals surface area contributed by atoms with Crippen molar-refractivity contribution in [1.82, 2.24) is 20.2 Å². The summed E-state index contributed by atoms with van der Waals surface area (Å²) in [5, 5.41) is 3.21. The van der Waals surface area contributed by atoms with E-state index in [9.17, 15) is 9.59 Å².